The number of amides is 2. The van der Waals surface area contributed by atoms with Gasteiger partial charge in [-0.25, -0.2) is 0 Å². The van der Waals surface area contributed by atoms with E-state index in [1.54, 1.807) is 30.5 Å². The zero-order chi connectivity index (χ0) is 15.2. The second-order valence-corrected chi connectivity index (χ2v) is 4.68. The summed E-state index contributed by atoms with van der Waals surface area (Å²) in [6.07, 6.45) is 1.54. The second-order valence-electron chi connectivity index (χ2n) is 4.27. The fourth-order valence-electron chi connectivity index (χ4n) is 1.67. The standard InChI is InChI=1S/C14H14ClN3O3/c15-12-4-3-9(6-11(12)14(16)20)17-8-13(19)18-7-10-2-1-5-21-10/h1-6,17H,7-8H2,(H2,16,20)(H,18,19). The van der Waals surface area contributed by atoms with Crippen LogP contribution in [0.5, 0.6) is 0 Å². The molecule has 0 saturated heterocycles. The molecular weight excluding hydrogens is 294 g/mol. The molecule has 0 spiro atoms. The zero-order valence-corrected chi connectivity index (χ0v) is 11.8. The van der Waals surface area contributed by atoms with Crippen molar-refractivity contribution in [2.75, 3.05) is 11.9 Å². The molecule has 0 bridgehead atoms. The zero-order valence-electron chi connectivity index (χ0n) is 11.1. The average molecular weight is 308 g/mol. The third-order valence-electron chi connectivity index (χ3n) is 2.72. The minimum absolute atomic E-state index is 0.0561. The maximum atomic E-state index is 11.7. The number of carbonyl (C=O) groups is 2. The summed E-state index contributed by atoms with van der Waals surface area (Å²) in [5, 5.41) is 5.85. The van der Waals surface area contributed by atoms with E-state index < -0.39 is 5.91 Å². The van der Waals surface area contributed by atoms with Crippen LogP contribution in [0.15, 0.2) is 41.0 Å². The number of hydrogen-bond donors (Lipinski definition) is 3. The lowest BCUT2D eigenvalue weighted by Crippen LogP contribution is -2.29. The van der Waals surface area contributed by atoms with Crippen molar-refractivity contribution in [1.82, 2.24) is 5.32 Å². The van der Waals surface area contributed by atoms with Crippen LogP contribution in [-0.4, -0.2) is 18.4 Å². The lowest BCUT2D eigenvalue weighted by atomic mass is 10.2. The van der Waals surface area contributed by atoms with Gasteiger partial charge in [0.25, 0.3) is 0 Å². The van der Waals surface area contributed by atoms with E-state index in [0.717, 1.165) is 0 Å². The van der Waals surface area contributed by atoms with Crippen molar-refractivity contribution in [3.8, 4) is 0 Å². The van der Waals surface area contributed by atoms with E-state index in [1.165, 1.54) is 6.07 Å². The summed E-state index contributed by atoms with van der Waals surface area (Å²) in [6.45, 7) is 0.376. The molecule has 0 atom stereocenters. The number of primary amides is 1. The van der Waals surface area contributed by atoms with Gasteiger partial charge < -0.3 is 20.8 Å². The monoisotopic (exact) mass is 307 g/mol. The minimum atomic E-state index is -0.620. The van der Waals surface area contributed by atoms with Crippen LogP contribution in [0.3, 0.4) is 0 Å². The molecule has 110 valence electrons. The van der Waals surface area contributed by atoms with Gasteiger partial charge in [0, 0.05) is 5.69 Å². The van der Waals surface area contributed by atoms with E-state index in [-0.39, 0.29) is 23.0 Å². The van der Waals surface area contributed by atoms with Gasteiger partial charge in [-0.15, -0.1) is 0 Å². The molecule has 0 aliphatic heterocycles. The summed E-state index contributed by atoms with van der Waals surface area (Å²) >= 11 is 5.84. The van der Waals surface area contributed by atoms with Crippen LogP contribution in [-0.2, 0) is 11.3 Å². The van der Waals surface area contributed by atoms with Gasteiger partial charge in [-0.2, -0.15) is 0 Å². The van der Waals surface area contributed by atoms with Gasteiger partial charge in [0.05, 0.1) is 29.9 Å². The van der Waals surface area contributed by atoms with Crippen molar-refractivity contribution in [2.45, 2.75) is 6.54 Å². The first-order valence-corrected chi connectivity index (χ1v) is 6.56. The Kier molecular flexibility index (Phi) is 4.84. The normalized spacial score (nSPS) is 10.1. The van der Waals surface area contributed by atoms with Crippen LogP contribution >= 0.6 is 11.6 Å². The van der Waals surface area contributed by atoms with Crippen LogP contribution in [0.4, 0.5) is 5.69 Å². The molecule has 1 aromatic heterocycles. The first-order chi connectivity index (χ1) is 10.1. The number of anilines is 1. The Morgan fingerprint density at radius 1 is 1.29 bits per heavy atom. The maximum Gasteiger partial charge on any atom is 0.250 e. The largest absolute Gasteiger partial charge is 0.467 e. The van der Waals surface area contributed by atoms with Crippen molar-refractivity contribution in [1.29, 1.82) is 0 Å². The molecule has 2 amide bonds. The molecule has 4 N–H and O–H groups in total. The van der Waals surface area contributed by atoms with Crippen molar-refractivity contribution >= 4 is 29.1 Å². The highest BCUT2D eigenvalue weighted by atomic mass is 35.5. The number of furan rings is 1. The molecule has 1 heterocycles. The van der Waals surface area contributed by atoms with Crippen LogP contribution in [0, 0.1) is 0 Å². The summed E-state index contributed by atoms with van der Waals surface area (Å²) in [5.74, 6) is -0.154. The van der Waals surface area contributed by atoms with Crippen molar-refractivity contribution in [2.24, 2.45) is 5.73 Å². The Bertz CT molecular complexity index is 641. The molecule has 0 fully saturated rings. The Labute approximate surface area is 126 Å². The van der Waals surface area contributed by atoms with Gasteiger partial charge in [0.1, 0.15) is 5.76 Å². The molecule has 0 unspecified atom stereocenters. The van der Waals surface area contributed by atoms with Gasteiger partial charge in [0.2, 0.25) is 11.8 Å². The van der Waals surface area contributed by atoms with E-state index in [1.807, 2.05) is 0 Å². The van der Waals surface area contributed by atoms with Crippen molar-refractivity contribution in [3.05, 3.63) is 52.9 Å². The van der Waals surface area contributed by atoms with Crippen molar-refractivity contribution < 1.29 is 14.0 Å². The summed E-state index contributed by atoms with van der Waals surface area (Å²) in [7, 11) is 0. The number of nitrogens with one attached hydrogen (secondary N) is 2. The number of hydrogen-bond acceptors (Lipinski definition) is 4. The van der Waals surface area contributed by atoms with Crippen LogP contribution in [0.2, 0.25) is 5.02 Å². The summed E-state index contributed by atoms with van der Waals surface area (Å²) in [6, 6.07) is 8.23. The lowest BCUT2D eigenvalue weighted by Gasteiger charge is -2.08. The van der Waals surface area contributed by atoms with Crippen LogP contribution in [0.25, 0.3) is 0 Å². The van der Waals surface area contributed by atoms with Crippen LogP contribution in [0.1, 0.15) is 16.1 Å². The molecule has 21 heavy (non-hydrogen) atoms. The molecule has 0 aliphatic carbocycles. The third-order valence-corrected chi connectivity index (χ3v) is 3.05. The van der Waals surface area contributed by atoms with E-state index in [0.29, 0.717) is 18.0 Å². The van der Waals surface area contributed by atoms with Gasteiger partial charge in [0.15, 0.2) is 0 Å². The van der Waals surface area contributed by atoms with E-state index in [4.69, 9.17) is 21.8 Å². The summed E-state index contributed by atoms with van der Waals surface area (Å²) < 4.78 is 5.10. The maximum absolute atomic E-state index is 11.7. The highest BCUT2D eigenvalue weighted by Crippen LogP contribution is 2.19. The van der Waals surface area contributed by atoms with Gasteiger partial charge in [-0.3, -0.25) is 9.59 Å². The molecule has 1 aromatic carbocycles. The Balaban J connectivity index is 1.86. The first-order valence-electron chi connectivity index (χ1n) is 6.18. The number of nitrogens with two attached hydrogens (primary N) is 1. The number of benzene rings is 1. The van der Waals surface area contributed by atoms with Gasteiger partial charge >= 0.3 is 0 Å². The second kappa shape index (κ2) is 6.81. The number of carbonyl (C=O) groups excluding carboxylic acids is 2. The summed E-state index contributed by atoms with van der Waals surface area (Å²) in [5.41, 5.74) is 5.99. The molecule has 7 heteroatoms. The molecule has 2 aromatic rings. The predicted octanol–water partition coefficient (Wildman–Crippen LogP) is 1.76. The molecule has 0 radical (unpaired) electrons. The lowest BCUT2D eigenvalue weighted by molar-refractivity contribution is -0.119. The number of halogens is 1. The highest BCUT2D eigenvalue weighted by Gasteiger charge is 2.08. The number of rotatable bonds is 6. The Morgan fingerprint density at radius 3 is 2.76 bits per heavy atom. The average Bonchev–Trinajstić information content (AvgIpc) is 2.97. The molecule has 0 aliphatic rings. The Morgan fingerprint density at radius 2 is 2.10 bits per heavy atom. The predicted molar refractivity (Wildman–Crippen MR) is 79.0 cm³/mol. The van der Waals surface area contributed by atoms with Gasteiger partial charge in [-0.1, -0.05) is 11.6 Å². The highest BCUT2D eigenvalue weighted by molar-refractivity contribution is 6.33. The smallest absolute Gasteiger partial charge is 0.250 e. The van der Waals surface area contributed by atoms with E-state index >= 15 is 0 Å². The third kappa shape index (κ3) is 4.25. The Hall–Kier alpha value is -2.47. The van der Waals surface area contributed by atoms with E-state index in [2.05, 4.69) is 10.6 Å². The molecular formula is C14H14ClN3O3. The fourth-order valence-corrected chi connectivity index (χ4v) is 1.88. The minimum Gasteiger partial charge on any atom is -0.467 e. The van der Waals surface area contributed by atoms with Crippen molar-refractivity contribution in [3.63, 3.8) is 0 Å². The van der Waals surface area contributed by atoms with E-state index in [9.17, 15) is 9.59 Å². The quantitative estimate of drug-likeness (QED) is 0.757. The van der Waals surface area contributed by atoms with Gasteiger partial charge in [-0.05, 0) is 30.3 Å². The first kappa shape index (κ1) is 14.9. The molecule has 2 rings (SSSR count). The van der Waals surface area contributed by atoms with Crippen LogP contribution < -0.4 is 16.4 Å². The molecule has 6 nitrogen and oxygen atoms in total. The molecule has 0 saturated carbocycles. The topological polar surface area (TPSA) is 97.4 Å². The fraction of sp³-hybridized carbons (Fsp3) is 0.143. The summed E-state index contributed by atoms with van der Waals surface area (Å²) in [4.78, 5) is 22.8. The SMILES string of the molecule is NC(=O)c1cc(NCC(=O)NCc2ccco2)ccc1Cl.